The van der Waals surface area contributed by atoms with Gasteiger partial charge in [-0.3, -0.25) is 10.2 Å². The van der Waals surface area contributed by atoms with Gasteiger partial charge in [0, 0.05) is 12.1 Å². The van der Waals surface area contributed by atoms with Gasteiger partial charge in [-0.2, -0.15) is 4.99 Å². The molecule has 0 unspecified atom stereocenters. The number of amides is 1. The molecule has 1 rings (SSSR count). The lowest BCUT2D eigenvalue weighted by molar-refractivity contribution is -0.133. The first-order valence-corrected chi connectivity index (χ1v) is 8.02. The van der Waals surface area contributed by atoms with Crippen LogP contribution >= 0.6 is 11.8 Å². The molecule has 1 aliphatic carbocycles. The highest BCUT2D eigenvalue weighted by molar-refractivity contribution is 8.14. The molecule has 1 amide bonds. The smallest absolute Gasteiger partial charge is 0.233 e. The normalized spacial score (nSPS) is 15.9. The Hall–Kier alpha value is -1.24. The van der Waals surface area contributed by atoms with Gasteiger partial charge in [0.15, 0.2) is 11.1 Å². The zero-order valence-electron chi connectivity index (χ0n) is 12.3. The van der Waals surface area contributed by atoms with Crippen molar-refractivity contribution in [3.05, 3.63) is 0 Å². The Labute approximate surface area is 124 Å². The van der Waals surface area contributed by atoms with Gasteiger partial charge >= 0.3 is 0 Å². The van der Waals surface area contributed by atoms with Gasteiger partial charge in [-0.25, -0.2) is 0 Å². The molecular formula is C13H25N5OS. The Morgan fingerprint density at radius 3 is 2.45 bits per heavy atom. The molecule has 0 spiro atoms. The van der Waals surface area contributed by atoms with E-state index < -0.39 is 0 Å². The Morgan fingerprint density at radius 2 is 1.95 bits per heavy atom. The van der Waals surface area contributed by atoms with Crippen LogP contribution < -0.4 is 11.5 Å². The summed E-state index contributed by atoms with van der Waals surface area (Å²) in [5, 5.41) is 7.53. The molecule has 0 atom stereocenters. The van der Waals surface area contributed by atoms with Gasteiger partial charge < -0.3 is 16.4 Å². The van der Waals surface area contributed by atoms with Gasteiger partial charge in [0.25, 0.3) is 0 Å². The molecule has 20 heavy (non-hydrogen) atoms. The Morgan fingerprint density at radius 1 is 1.35 bits per heavy atom. The van der Waals surface area contributed by atoms with E-state index in [2.05, 4.69) is 4.99 Å². The second kappa shape index (κ2) is 8.14. The number of nitrogens with one attached hydrogen (secondary N) is 1. The minimum Gasteiger partial charge on any atom is -0.370 e. The van der Waals surface area contributed by atoms with Gasteiger partial charge in [0.05, 0.1) is 5.75 Å². The molecule has 1 saturated carbocycles. The average molecular weight is 299 g/mol. The van der Waals surface area contributed by atoms with Crippen LogP contribution in [-0.2, 0) is 4.79 Å². The largest absolute Gasteiger partial charge is 0.370 e. The van der Waals surface area contributed by atoms with Gasteiger partial charge in [0.1, 0.15) is 0 Å². The van der Waals surface area contributed by atoms with Gasteiger partial charge in [0.2, 0.25) is 5.91 Å². The minimum absolute atomic E-state index is 0.0225. The van der Waals surface area contributed by atoms with Crippen molar-refractivity contribution < 1.29 is 4.79 Å². The molecule has 1 aliphatic rings. The van der Waals surface area contributed by atoms with E-state index in [1.807, 2.05) is 18.7 Å². The highest BCUT2D eigenvalue weighted by Gasteiger charge is 2.27. The third-order valence-electron chi connectivity index (χ3n) is 3.38. The standard InChI is InChI=1S/C13H25N5OS/c1-9(2)18(10-6-4-3-5-7-10)11(19)8-20-13(16)17-12(14)15/h9-10H,3-8H2,1-2H3,(H5,14,15,16,17). The van der Waals surface area contributed by atoms with Crippen molar-refractivity contribution in [3.8, 4) is 0 Å². The molecule has 1 fully saturated rings. The highest BCUT2D eigenvalue weighted by Crippen LogP contribution is 2.25. The number of amidine groups is 1. The third kappa shape index (κ3) is 5.40. The molecule has 6 nitrogen and oxygen atoms in total. The first-order valence-electron chi connectivity index (χ1n) is 7.04. The summed E-state index contributed by atoms with van der Waals surface area (Å²) in [6.07, 6.45) is 5.82. The summed E-state index contributed by atoms with van der Waals surface area (Å²) in [5.41, 5.74) is 10.4. The predicted molar refractivity (Wildman–Crippen MR) is 84.8 cm³/mol. The molecule has 0 bridgehead atoms. The number of nitrogens with two attached hydrogens (primary N) is 2. The van der Waals surface area contributed by atoms with Crippen molar-refractivity contribution in [1.82, 2.24) is 4.90 Å². The number of carbonyl (C=O) groups is 1. The molecule has 0 heterocycles. The fraction of sp³-hybridized carbons (Fsp3) is 0.769. The maximum absolute atomic E-state index is 12.4. The first-order chi connectivity index (χ1) is 9.41. The van der Waals surface area contributed by atoms with E-state index in [9.17, 15) is 4.79 Å². The molecule has 0 aromatic carbocycles. The average Bonchev–Trinajstić information content (AvgIpc) is 2.36. The van der Waals surface area contributed by atoms with E-state index in [1.165, 1.54) is 19.3 Å². The lowest BCUT2D eigenvalue weighted by Crippen LogP contribution is -2.46. The molecule has 0 saturated heterocycles. The number of carbonyl (C=O) groups excluding carboxylic acids is 1. The van der Waals surface area contributed by atoms with Gasteiger partial charge in [-0.15, -0.1) is 0 Å². The highest BCUT2D eigenvalue weighted by atomic mass is 32.2. The number of aliphatic imine (C=N–C) groups is 1. The Balaban J connectivity index is 2.56. The van der Waals surface area contributed by atoms with Crippen molar-refractivity contribution in [2.45, 2.75) is 58.0 Å². The summed E-state index contributed by atoms with van der Waals surface area (Å²) >= 11 is 1.07. The lowest BCUT2D eigenvalue weighted by Gasteiger charge is -2.37. The predicted octanol–water partition coefficient (Wildman–Crippen LogP) is 1.50. The molecule has 114 valence electrons. The number of thioether (sulfide) groups is 1. The van der Waals surface area contributed by atoms with Crippen LogP contribution in [0.2, 0.25) is 0 Å². The van der Waals surface area contributed by atoms with Crippen LogP contribution in [0.1, 0.15) is 46.0 Å². The van der Waals surface area contributed by atoms with Gasteiger partial charge in [-0.05, 0) is 26.7 Å². The number of hydrogen-bond acceptors (Lipinski definition) is 3. The van der Waals surface area contributed by atoms with E-state index >= 15 is 0 Å². The van der Waals surface area contributed by atoms with Crippen LogP contribution in [0.15, 0.2) is 4.99 Å². The summed E-state index contributed by atoms with van der Waals surface area (Å²) in [6.45, 7) is 4.08. The van der Waals surface area contributed by atoms with E-state index in [0.29, 0.717) is 6.04 Å². The van der Waals surface area contributed by atoms with Crippen molar-refractivity contribution in [2.75, 3.05) is 5.75 Å². The van der Waals surface area contributed by atoms with E-state index in [0.717, 1.165) is 24.6 Å². The Bertz CT molecular complexity index is 373. The quantitative estimate of drug-likeness (QED) is 0.540. The molecule has 5 N–H and O–H groups in total. The Kier molecular flexibility index (Phi) is 6.84. The van der Waals surface area contributed by atoms with Crippen molar-refractivity contribution in [3.63, 3.8) is 0 Å². The molecular weight excluding hydrogens is 274 g/mol. The third-order valence-corrected chi connectivity index (χ3v) is 4.13. The summed E-state index contributed by atoms with van der Waals surface area (Å²) in [4.78, 5) is 18.0. The lowest BCUT2D eigenvalue weighted by atomic mass is 9.93. The van der Waals surface area contributed by atoms with E-state index in [-0.39, 0.29) is 28.8 Å². The maximum Gasteiger partial charge on any atom is 0.233 e. The van der Waals surface area contributed by atoms with Crippen LogP contribution in [0.3, 0.4) is 0 Å². The van der Waals surface area contributed by atoms with Crippen LogP contribution in [0.25, 0.3) is 0 Å². The topological polar surface area (TPSA) is 109 Å². The van der Waals surface area contributed by atoms with Crippen molar-refractivity contribution in [2.24, 2.45) is 16.5 Å². The van der Waals surface area contributed by atoms with Crippen LogP contribution in [0.4, 0.5) is 0 Å². The van der Waals surface area contributed by atoms with Crippen molar-refractivity contribution >= 4 is 28.8 Å². The molecule has 0 radical (unpaired) electrons. The minimum atomic E-state index is -0.150. The second-order valence-corrected chi connectivity index (χ2v) is 6.28. The SMILES string of the molecule is CC(C)N(C(=O)CSC(=N)N=C(N)N)C1CCCCC1. The fourth-order valence-electron chi connectivity index (χ4n) is 2.63. The molecule has 0 aromatic heterocycles. The monoisotopic (exact) mass is 299 g/mol. The number of guanidine groups is 1. The summed E-state index contributed by atoms with van der Waals surface area (Å²) in [7, 11) is 0. The second-order valence-electron chi connectivity index (χ2n) is 5.32. The number of nitrogens with zero attached hydrogens (tertiary/aromatic N) is 2. The molecule has 0 aromatic rings. The zero-order chi connectivity index (χ0) is 15.1. The van der Waals surface area contributed by atoms with Crippen molar-refractivity contribution in [1.29, 1.82) is 5.41 Å². The zero-order valence-corrected chi connectivity index (χ0v) is 13.1. The molecule has 0 aliphatic heterocycles. The maximum atomic E-state index is 12.4. The van der Waals surface area contributed by atoms with Gasteiger partial charge in [-0.1, -0.05) is 31.0 Å². The molecule has 7 heteroatoms. The van der Waals surface area contributed by atoms with Crippen LogP contribution in [0, 0.1) is 5.41 Å². The van der Waals surface area contributed by atoms with Crippen LogP contribution in [0.5, 0.6) is 0 Å². The first kappa shape index (κ1) is 16.8. The van der Waals surface area contributed by atoms with Crippen LogP contribution in [-0.4, -0.2) is 39.8 Å². The number of rotatable bonds is 4. The van der Waals surface area contributed by atoms with E-state index in [4.69, 9.17) is 16.9 Å². The summed E-state index contributed by atoms with van der Waals surface area (Å²) < 4.78 is 0. The fourth-order valence-corrected chi connectivity index (χ4v) is 3.21. The van der Waals surface area contributed by atoms with E-state index in [1.54, 1.807) is 0 Å². The summed E-state index contributed by atoms with van der Waals surface area (Å²) in [5.74, 6) is 0.125. The summed E-state index contributed by atoms with van der Waals surface area (Å²) in [6, 6.07) is 0.526. The number of hydrogen-bond donors (Lipinski definition) is 3.